The summed E-state index contributed by atoms with van der Waals surface area (Å²) in [6, 6.07) is 4.80. The summed E-state index contributed by atoms with van der Waals surface area (Å²) in [5.41, 5.74) is 1.00. The van der Waals surface area contributed by atoms with Gasteiger partial charge < -0.3 is 10.6 Å². The van der Waals surface area contributed by atoms with Gasteiger partial charge in [-0.15, -0.1) is 0 Å². The van der Waals surface area contributed by atoms with Gasteiger partial charge in [0.2, 0.25) is 0 Å². The summed E-state index contributed by atoms with van der Waals surface area (Å²) in [5.74, 6) is 0.305. The van der Waals surface area contributed by atoms with E-state index in [0.29, 0.717) is 12.5 Å². The van der Waals surface area contributed by atoms with Crippen LogP contribution in [0, 0.1) is 11.7 Å². The molecule has 2 nitrogen and oxygen atoms in total. The van der Waals surface area contributed by atoms with Gasteiger partial charge in [0, 0.05) is 19.6 Å². The van der Waals surface area contributed by atoms with Crippen molar-refractivity contribution in [3.8, 4) is 0 Å². The third kappa shape index (κ3) is 6.01. The molecule has 0 heterocycles. The molecule has 1 aromatic carbocycles. The van der Waals surface area contributed by atoms with Gasteiger partial charge in [0.25, 0.3) is 0 Å². The smallest absolute Gasteiger partial charge is 0.141 e. The van der Waals surface area contributed by atoms with Crippen molar-refractivity contribution in [2.24, 2.45) is 5.92 Å². The van der Waals surface area contributed by atoms with E-state index in [1.54, 1.807) is 12.1 Å². The van der Waals surface area contributed by atoms with Crippen molar-refractivity contribution >= 4 is 11.6 Å². The number of halogens is 2. The summed E-state index contributed by atoms with van der Waals surface area (Å²) in [6.45, 7) is 7.93. The Morgan fingerprint density at radius 3 is 2.59 bits per heavy atom. The molecule has 0 unspecified atom stereocenters. The molecule has 0 aliphatic heterocycles. The summed E-state index contributed by atoms with van der Waals surface area (Å²) in [7, 11) is 0. The summed E-state index contributed by atoms with van der Waals surface area (Å²) in [6.07, 6.45) is 0. The molecule has 0 atom stereocenters. The third-order valence-electron chi connectivity index (χ3n) is 2.34. The van der Waals surface area contributed by atoms with Gasteiger partial charge in [-0.3, -0.25) is 0 Å². The SMILES string of the molecule is CC(C)CNCCNCc1ccc(F)c(Cl)c1. The first-order valence-corrected chi connectivity index (χ1v) is 6.32. The van der Waals surface area contributed by atoms with E-state index in [9.17, 15) is 4.39 Å². The van der Waals surface area contributed by atoms with Crippen molar-refractivity contribution in [3.63, 3.8) is 0 Å². The molecule has 0 aromatic heterocycles. The van der Waals surface area contributed by atoms with Crippen molar-refractivity contribution in [1.82, 2.24) is 10.6 Å². The maximum absolute atomic E-state index is 12.9. The van der Waals surface area contributed by atoms with E-state index in [-0.39, 0.29) is 10.8 Å². The second-order valence-electron chi connectivity index (χ2n) is 4.52. The molecule has 0 aliphatic rings. The lowest BCUT2D eigenvalue weighted by Gasteiger charge is -2.08. The van der Waals surface area contributed by atoms with E-state index in [1.165, 1.54) is 6.07 Å². The second kappa shape index (κ2) is 7.64. The van der Waals surface area contributed by atoms with Crippen molar-refractivity contribution in [2.75, 3.05) is 19.6 Å². The van der Waals surface area contributed by atoms with Crippen LogP contribution in [0.15, 0.2) is 18.2 Å². The summed E-state index contributed by atoms with van der Waals surface area (Å²) < 4.78 is 12.9. The average Bonchev–Trinajstić information content (AvgIpc) is 2.27. The van der Waals surface area contributed by atoms with Gasteiger partial charge in [-0.1, -0.05) is 31.5 Å². The first kappa shape index (κ1) is 14.4. The lowest BCUT2D eigenvalue weighted by atomic mass is 10.2. The van der Waals surface area contributed by atoms with Crippen LogP contribution in [0.4, 0.5) is 4.39 Å². The maximum atomic E-state index is 12.9. The molecule has 0 aliphatic carbocycles. The van der Waals surface area contributed by atoms with Crippen LogP contribution in [0.1, 0.15) is 19.4 Å². The van der Waals surface area contributed by atoms with Crippen LogP contribution in [0.3, 0.4) is 0 Å². The first-order valence-electron chi connectivity index (χ1n) is 5.95. The minimum Gasteiger partial charge on any atom is -0.315 e. The second-order valence-corrected chi connectivity index (χ2v) is 4.93. The van der Waals surface area contributed by atoms with E-state index in [2.05, 4.69) is 24.5 Å². The maximum Gasteiger partial charge on any atom is 0.141 e. The lowest BCUT2D eigenvalue weighted by Crippen LogP contribution is -2.29. The highest BCUT2D eigenvalue weighted by atomic mass is 35.5. The molecule has 1 aromatic rings. The zero-order valence-corrected chi connectivity index (χ0v) is 11.1. The quantitative estimate of drug-likeness (QED) is 0.735. The molecule has 0 bridgehead atoms. The number of rotatable bonds is 7. The zero-order valence-electron chi connectivity index (χ0n) is 10.4. The van der Waals surface area contributed by atoms with Crippen LogP contribution < -0.4 is 10.6 Å². The normalized spacial score (nSPS) is 11.1. The van der Waals surface area contributed by atoms with Crippen molar-refractivity contribution < 1.29 is 4.39 Å². The topological polar surface area (TPSA) is 24.1 Å². The molecule has 0 amide bonds. The van der Waals surface area contributed by atoms with E-state index in [1.807, 2.05) is 0 Å². The summed E-state index contributed by atoms with van der Waals surface area (Å²) in [4.78, 5) is 0. The number of nitrogens with one attached hydrogen (secondary N) is 2. The van der Waals surface area contributed by atoms with Crippen molar-refractivity contribution in [3.05, 3.63) is 34.6 Å². The fourth-order valence-electron chi connectivity index (χ4n) is 1.45. The highest BCUT2D eigenvalue weighted by molar-refractivity contribution is 6.30. The first-order chi connectivity index (χ1) is 8.09. The van der Waals surface area contributed by atoms with E-state index >= 15 is 0 Å². The Kier molecular flexibility index (Phi) is 6.48. The standard InChI is InChI=1S/C13H20ClFN2/c1-10(2)8-16-5-6-17-9-11-3-4-13(15)12(14)7-11/h3-4,7,10,16-17H,5-6,8-9H2,1-2H3. The van der Waals surface area contributed by atoms with Crippen LogP contribution in [0.2, 0.25) is 5.02 Å². The molecule has 17 heavy (non-hydrogen) atoms. The molecular formula is C13H20ClFN2. The Labute approximate surface area is 108 Å². The Bertz CT molecular complexity index is 342. The number of hydrogen-bond acceptors (Lipinski definition) is 2. The summed E-state index contributed by atoms with van der Waals surface area (Å²) in [5, 5.41) is 6.80. The van der Waals surface area contributed by atoms with E-state index < -0.39 is 0 Å². The molecule has 0 radical (unpaired) electrons. The van der Waals surface area contributed by atoms with Crippen molar-refractivity contribution in [1.29, 1.82) is 0 Å². The average molecular weight is 259 g/mol. The van der Waals surface area contributed by atoms with Crippen LogP contribution >= 0.6 is 11.6 Å². The Hall–Kier alpha value is -0.640. The molecule has 0 saturated heterocycles. The van der Waals surface area contributed by atoms with Gasteiger partial charge in [-0.25, -0.2) is 4.39 Å². The predicted molar refractivity (Wildman–Crippen MR) is 70.8 cm³/mol. The Morgan fingerprint density at radius 2 is 1.94 bits per heavy atom. The molecule has 96 valence electrons. The minimum atomic E-state index is -0.367. The van der Waals surface area contributed by atoms with Crippen molar-refractivity contribution in [2.45, 2.75) is 20.4 Å². The van der Waals surface area contributed by atoms with Gasteiger partial charge in [0.05, 0.1) is 5.02 Å². The van der Waals surface area contributed by atoms with Crippen LogP contribution in [-0.2, 0) is 6.54 Å². The largest absolute Gasteiger partial charge is 0.315 e. The monoisotopic (exact) mass is 258 g/mol. The van der Waals surface area contributed by atoms with E-state index in [4.69, 9.17) is 11.6 Å². The molecule has 0 saturated carbocycles. The fraction of sp³-hybridized carbons (Fsp3) is 0.538. The molecule has 0 fully saturated rings. The molecule has 4 heteroatoms. The number of benzene rings is 1. The Balaban J connectivity index is 2.16. The van der Waals surface area contributed by atoms with Crippen LogP contribution in [-0.4, -0.2) is 19.6 Å². The van der Waals surface area contributed by atoms with Gasteiger partial charge in [0.1, 0.15) is 5.82 Å². The van der Waals surface area contributed by atoms with Crippen LogP contribution in [0.25, 0.3) is 0 Å². The molecule has 2 N–H and O–H groups in total. The molecular weight excluding hydrogens is 239 g/mol. The van der Waals surface area contributed by atoms with Gasteiger partial charge in [-0.05, 0) is 30.2 Å². The zero-order chi connectivity index (χ0) is 12.7. The highest BCUT2D eigenvalue weighted by Crippen LogP contribution is 2.15. The van der Waals surface area contributed by atoms with Crippen LogP contribution in [0.5, 0.6) is 0 Å². The van der Waals surface area contributed by atoms with Gasteiger partial charge in [-0.2, -0.15) is 0 Å². The highest BCUT2D eigenvalue weighted by Gasteiger charge is 2.00. The van der Waals surface area contributed by atoms with Gasteiger partial charge >= 0.3 is 0 Å². The fourth-order valence-corrected chi connectivity index (χ4v) is 1.65. The third-order valence-corrected chi connectivity index (χ3v) is 2.63. The van der Waals surface area contributed by atoms with E-state index in [0.717, 1.165) is 25.2 Å². The minimum absolute atomic E-state index is 0.183. The van der Waals surface area contributed by atoms with Gasteiger partial charge in [0.15, 0.2) is 0 Å². The summed E-state index contributed by atoms with van der Waals surface area (Å²) >= 11 is 5.70. The molecule has 1 rings (SSSR count). The predicted octanol–water partition coefficient (Wildman–Crippen LogP) is 2.81. The molecule has 0 spiro atoms. The number of hydrogen-bond donors (Lipinski definition) is 2. The Morgan fingerprint density at radius 1 is 1.24 bits per heavy atom. The lowest BCUT2D eigenvalue weighted by molar-refractivity contribution is 0.535.